The maximum atomic E-state index is 11.9. The van der Waals surface area contributed by atoms with Crippen LogP contribution in [-0.2, 0) is 9.53 Å². The van der Waals surface area contributed by atoms with Gasteiger partial charge in [0.2, 0.25) is 0 Å². The number of rotatable bonds is 3. The molecule has 0 aromatic rings. The quantitative estimate of drug-likeness (QED) is 0.705. The van der Waals surface area contributed by atoms with Crippen molar-refractivity contribution in [1.82, 2.24) is 4.90 Å². The van der Waals surface area contributed by atoms with Gasteiger partial charge in [-0.1, -0.05) is 6.92 Å². The lowest BCUT2D eigenvalue weighted by Crippen LogP contribution is -2.35. The topological polar surface area (TPSA) is 29.5 Å². The minimum atomic E-state index is 0.174. The van der Waals surface area contributed by atoms with E-state index < -0.39 is 0 Å². The van der Waals surface area contributed by atoms with Gasteiger partial charge in [0.25, 0.3) is 0 Å². The van der Waals surface area contributed by atoms with Crippen LogP contribution in [0, 0.1) is 11.8 Å². The Kier molecular flexibility index (Phi) is 3.42. The Labute approximate surface area is 91.8 Å². The lowest BCUT2D eigenvalue weighted by atomic mass is 10.0. The van der Waals surface area contributed by atoms with Gasteiger partial charge in [-0.25, -0.2) is 0 Å². The molecule has 0 aromatic heterocycles. The first-order valence-corrected chi connectivity index (χ1v) is 6.01. The number of Topliss-reactive ketones (excluding diaryl/α,β-unsaturated/α-hetero) is 1. The molecule has 15 heavy (non-hydrogen) atoms. The number of ether oxygens (including phenoxy) is 1. The van der Waals surface area contributed by atoms with Gasteiger partial charge in [-0.05, 0) is 25.7 Å². The van der Waals surface area contributed by atoms with Crippen molar-refractivity contribution in [1.29, 1.82) is 0 Å². The van der Waals surface area contributed by atoms with Crippen molar-refractivity contribution in [3.63, 3.8) is 0 Å². The summed E-state index contributed by atoms with van der Waals surface area (Å²) in [6.07, 6.45) is 2.16. The first-order chi connectivity index (χ1) is 7.16. The summed E-state index contributed by atoms with van der Waals surface area (Å²) in [5.74, 6) is 1.30. The van der Waals surface area contributed by atoms with Gasteiger partial charge in [0.15, 0.2) is 5.78 Å². The molecule has 3 heteroatoms. The van der Waals surface area contributed by atoms with Crippen LogP contribution in [0.15, 0.2) is 0 Å². The summed E-state index contributed by atoms with van der Waals surface area (Å²) < 4.78 is 5.25. The van der Waals surface area contributed by atoms with E-state index in [9.17, 15) is 4.79 Å². The summed E-state index contributed by atoms with van der Waals surface area (Å²) >= 11 is 0. The average Bonchev–Trinajstić information content (AvgIpc) is 2.76. The van der Waals surface area contributed by atoms with Gasteiger partial charge in [-0.15, -0.1) is 0 Å². The van der Waals surface area contributed by atoms with E-state index in [1.807, 2.05) is 0 Å². The summed E-state index contributed by atoms with van der Waals surface area (Å²) in [5.41, 5.74) is 0. The predicted octanol–water partition coefficient (Wildman–Crippen LogP) is 1.32. The highest BCUT2D eigenvalue weighted by molar-refractivity contribution is 5.83. The van der Waals surface area contributed by atoms with E-state index in [0.717, 1.165) is 25.5 Å². The summed E-state index contributed by atoms with van der Waals surface area (Å²) in [7, 11) is 0. The van der Waals surface area contributed by atoms with E-state index in [0.29, 0.717) is 25.0 Å². The normalized spacial score (nSPS) is 37.3. The minimum absolute atomic E-state index is 0.174. The van der Waals surface area contributed by atoms with Gasteiger partial charge in [-0.2, -0.15) is 0 Å². The zero-order valence-corrected chi connectivity index (χ0v) is 9.74. The number of likely N-dealkylation sites (tertiary alicyclic amines) is 1. The Morgan fingerprint density at radius 1 is 1.47 bits per heavy atom. The molecule has 86 valence electrons. The fraction of sp³-hybridized carbons (Fsp3) is 0.917. The molecule has 0 amide bonds. The van der Waals surface area contributed by atoms with E-state index in [-0.39, 0.29) is 5.92 Å². The van der Waals surface area contributed by atoms with E-state index in [2.05, 4.69) is 18.7 Å². The number of hydrogen-bond acceptors (Lipinski definition) is 3. The Balaban J connectivity index is 1.83. The van der Waals surface area contributed by atoms with Crippen molar-refractivity contribution in [3.8, 4) is 0 Å². The third-order valence-corrected chi connectivity index (χ3v) is 3.66. The van der Waals surface area contributed by atoms with Gasteiger partial charge in [0, 0.05) is 25.1 Å². The van der Waals surface area contributed by atoms with Crippen LogP contribution in [0.5, 0.6) is 0 Å². The number of ketones is 1. The van der Waals surface area contributed by atoms with Crippen LogP contribution >= 0.6 is 0 Å². The Bertz CT molecular complexity index is 236. The summed E-state index contributed by atoms with van der Waals surface area (Å²) in [6.45, 7) is 7.63. The van der Waals surface area contributed by atoms with Crippen LogP contribution in [0.25, 0.3) is 0 Å². The largest absolute Gasteiger partial charge is 0.381 e. The molecule has 0 aromatic carbocycles. The molecule has 2 fully saturated rings. The first-order valence-electron chi connectivity index (χ1n) is 6.01. The molecule has 2 saturated heterocycles. The van der Waals surface area contributed by atoms with Crippen molar-refractivity contribution in [2.45, 2.75) is 32.7 Å². The lowest BCUT2D eigenvalue weighted by molar-refractivity contribution is -0.124. The summed E-state index contributed by atoms with van der Waals surface area (Å²) in [4.78, 5) is 14.3. The van der Waals surface area contributed by atoms with Crippen LogP contribution in [0.2, 0.25) is 0 Å². The first kappa shape index (κ1) is 11.1. The number of carbonyl (C=O) groups excluding carboxylic acids is 1. The molecular weight excluding hydrogens is 190 g/mol. The van der Waals surface area contributed by atoms with E-state index in [1.54, 1.807) is 0 Å². The van der Waals surface area contributed by atoms with Crippen LogP contribution in [0.3, 0.4) is 0 Å². The van der Waals surface area contributed by atoms with Crippen molar-refractivity contribution in [2.24, 2.45) is 11.8 Å². The van der Waals surface area contributed by atoms with Crippen molar-refractivity contribution >= 4 is 5.78 Å². The molecule has 2 rings (SSSR count). The summed E-state index contributed by atoms with van der Waals surface area (Å²) in [6, 6.07) is 0.575. The second-order valence-electron chi connectivity index (χ2n) is 5.15. The molecule has 0 saturated carbocycles. The summed E-state index contributed by atoms with van der Waals surface area (Å²) in [5, 5.41) is 0. The number of nitrogens with zero attached hydrogens (tertiary/aromatic N) is 1. The van der Waals surface area contributed by atoms with Crippen molar-refractivity contribution in [2.75, 3.05) is 26.3 Å². The zero-order valence-electron chi connectivity index (χ0n) is 9.74. The Hall–Kier alpha value is -0.410. The lowest BCUT2D eigenvalue weighted by Gasteiger charge is -2.21. The third-order valence-electron chi connectivity index (χ3n) is 3.66. The second kappa shape index (κ2) is 4.62. The van der Waals surface area contributed by atoms with Crippen molar-refractivity contribution in [3.05, 3.63) is 0 Å². The van der Waals surface area contributed by atoms with E-state index in [4.69, 9.17) is 4.74 Å². The number of carbonyl (C=O) groups is 1. The van der Waals surface area contributed by atoms with Gasteiger partial charge < -0.3 is 4.74 Å². The molecule has 3 nitrogen and oxygen atoms in total. The molecule has 2 heterocycles. The molecule has 0 bridgehead atoms. The molecule has 0 N–H and O–H groups in total. The molecule has 3 atom stereocenters. The van der Waals surface area contributed by atoms with Crippen LogP contribution in [0.1, 0.15) is 26.7 Å². The highest BCUT2D eigenvalue weighted by Gasteiger charge is 2.30. The number of hydrogen-bond donors (Lipinski definition) is 0. The molecule has 0 spiro atoms. The van der Waals surface area contributed by atoms with Crippen LogP contribution < -0.4 is 0 Å². The Morgan fingerprint density at radius 3 is 2.80 bits per heavy atom. The fourth-order valence-corrected chi connectivity index (χ4v) is 2.72. The highest BCUT2D eigenvalue weighted by Crippen LogP contribution is 2.23. The van der Waals surface area contributed by atoms with Crippen LogP contribution in [0.4, 0.5) is 0 Å². The van der Waals surface area contributed by atoms with Gasteiger partial charge >= 0.3 is 0 Å². The SMILES string of the molecule is CC1CC(C)N(CC(=O)C2CCOC2)C1. The fourth-order valence-electron chi connectivity index (χ4n) is 2.72. The highest BCUT2D eigenvalue weighted by atomic mass is 16.5. The zero-order chi connectivity index (χ0) is 10.8. The van der Waals surface area contributed by atoms with Crippen molar-refractivity contribution < 1.29 is 9.53 Å². The molecular formula is C12H21NO2. The molecule has 0 aliphatic carbocycles. The predicted molar refractivity (Wildman–Crippen MR) is 58.7 cm³/mol. The van der Waals surface area contributed by atoms with Gasteiger partial charge in [0.05, 0.1) is 13.2 Å². The van der Waals surface area contributed by atoms with Gasteiger partial charge in [-0.3, -0.25) is 9.69 Å². The van der Waals surface area contributed by atoms with Gasteiger partial charge in [0.1, 0.15) is 0 Å². The molecule has 3 unspecified atom stereocenters. The Morgan fingerprint density at radius 2 is 2.27 bits per heavy atom. The van der Waals surface area contributed by atoms with E-state index in [1.165, 1.54) is 6.42 Å². The minimum Gasteiger partial charge on any atom is -0.381 e. The maximum absolute atomic E-state index is 11.9. The monoisotopic (exact) mass is 211 g/mol. The standard InChI is InChI=1S/C12H21NO2/c1-9-5-10(2)13(6-9)7-12(14)11-3-4-15-8-11/h9-11H,3-8H2,1-2H3. The average molecular weight is 211 g/mol. The molecule has 2 aliphatic rings. The van der Waals surface area contributed by atoms with E-state index >= 15 is 0 Å². The molecule has 0 radical (unpaired) electrons. The molecule has 2 aliphatic heterocycles. The van der Waals surface area contributed by atoms with Crippen LogP contribution in [-0.4, -0.2) is 43.0 Å². The second-order valence-corrected chi connectivity index (χ2v) is 5.15. The smallest absolute Gasteiger partial charge is 0.152 e. The third kappa shape index (κ3) is 2.58. The maximum Gasteiger partial charge on any atom is 0.152 e.